The maximum atomic E-state index is 12.5. The van der Waals surface area contributed by atoms with Crippen molar-refractivity contribution in [3.05, 3.63) is 27.5 Å². The molecule has 0 atom stereocenters. The maximum Gasteiger partial charge on any atom is 0.257 e. The number of amides is 1. The first kappa shape index (κ1) is 16.4. The Morgan fingerprint density at radius 3 is 2.58 bits per heavy atom. The second-order valence-corrected chi connectivity index (χ2v) is 5.79. The molecule has 1 aromatic heterocycles. The van der Waals surface area contributed by atoms with Crippen LogP contribution in [0.5, 0.6) is 0 Å². The van der Waals surface area contributed by atoms with Gasteiger partial charge in [-0.1, -0.05) is 38.3 Å². The summed E-state index contributed by atoms with van der Waals surface area (Å²) < 4.78 is 0.763. The first-order valence-corrected chi connectivity index (χ1v) is 7.80. The van der Waals surface area contributed by atoms with E-state index in [0.29, 0.717) is 18.0 Å². The van der Waals surface area contributed by atoms with E-state index in [9.17, 15) is 4.79 Å². The molecule has 0 bridgehead atoms. The molecule has 1 heterocycles. The van der Waals surface area contributed by atoms with Crippen LogP contribution in [0.1, 0.15) is 44.0 Å². The molecule has 0 aromatic carbocycles. The zero-order valence-electron chi connectivity index (χ0n) is 11.6. The lowest BCUT2D eigenvalue weighted by Gasteiger charge is -2.25. The van der Waals surface area contributed by atoms with E-state index in [1.807, 2.05) is 11.8 Å². The molecule has 1 rings (SSSR count). The average Bonchev–Trinajstić information content (AvgIpc) is 2.42. The number of halogens is 2. The van der Waals surface area contributed by atoms with Gasteiger partial charge in [-0.25, -0.2) is 4.98 Å². The van der Waals surface area contributed by atoms with Gasteiger partial charge in [0.15, 0.2) is 0 Å². The Morgan fingerprint density at radius 1 is 1.42 bits per heavy atom. The third kappa shape index (κ3) is 4.46. The molecule has 0 aliphatic carbocycles. The van der Waals surface area contributed by atoms with E-state index >= 15 is 0 Å². The molecule has 1 amide bonds. The van der Waals surface area contributed by atoms with Crippen LogP contribution < -0.4 is 0 Å². The number of carbonyl (C=O) groups excluding carboxylic acids is 1. The second kappa shape index (κ2) is 7.85. The summed E-state index contributed by atoms with van der Waals surface area (Å²) in [6.45, 7) is 7.74. The van der Waals surface area contributed by atoms with E-state index in [1.165, 1.54) is 0 Å². The number of hydrogen-bond donors (Lipinski definition) is 0. The number of pyridine rings is 1. The normalized spacial score (nSPS) is 10.8. The van der Waals surface area contributed by atoms with Crippen LogP contribution in [-0.2, 0) is 0 Å². The highest BCUT2D eigenvalue weighted by Crippen LogP contribution is 2.21. The van der Waals surface area contributed by atoms with E-state index in [4.69, 9.17) is 11.6 Å². The van der Waals surface area contributed by atoms with Crippen molar-refractivity contribution >= 4 is 33.4 Å². The van der Waals surface area contributed by atoms with Gasteiger partial charge in [0.1, 0.15) is 5.15 Å². The molecule has 19 heavy (non-hydrogen) atoms. The quantitative estimate of drug-likeness (QED) is 0.715. The van der Waals surface area contributed by atoms with Gasteiger partial charge in [0.05, 0.1) is 5.56 Å². The van der Waals surface area contributed by atoms with E-state index in [2.05, 4.69) is 34.8 Å². The summed E-state index contributed by atoms with van der Waals surface area (Å²) in [5, 5.41) is 0.260. The highest BCUT2D eigenvalue weighted by molar-refractivity contribution is 9.10. The number of carbonyl (C=O) groups is 1. The van der Waals surface area contributed by atoms with Crippen molar-refractivity contribution in [3.63, 3.8) is 0 Å². The zero-order chi connectivity index (χ0) is 14.4. The molecule has 0 aliphatic rings. The van der Waals surface area contributed by atoms with E-state index in [1.54, 1.807) is 12.3 Å². The van der Waals surface area contributed by atoms with Crippen molar-refractivity contribution in [3.8, 4) is 0 Å². The Kier molecular flexibility index (Phi) is 6.80. The molecular formula is C14H20BrClN2O. The largest absolute Gasteiger partial charge is 0.339 e. The molecule has 0 N–H and O–H groups in total. The fraction of sp³-hybridized carbons (Fsp3) is 0.571. The van der Waals surface area contributed by atoms with Gasteiger partial charge in [-0.05, 0) is 34.8 Å². The summed E-state index contributed by atoms with van der Waals surface area (Å²) in [7, 11) is 0. The Hall–Kier alpha value is -0.610. The third-order valence-corrected chi connectivity index (χ3v) is 4.07. The molecule has 0 aliphatic heterocycles. The van der Waals surface area contributed by atoms with Crippen molar-refractivity contribution < 1.29 is 4.79 Å². The van der Waals surface area contributed by atoms with Crippen LogP contribution in [0.4, 0.5) is 0 Å². The van der Waals surface area contributed by atoms with Crippen LogP contribution in [0, 0.1) is 5.92 Å². The fourth-order valence-electron chi connectivity index (χ4n) is 1.96. The zero-order valence-corrected chi connectivity index (χ0v) is 14.0. The molecule has 3 nitrogen and oxygen atoms in total. The van der Waals surface area contributed by atoms with Crippen molar-refractivity contribution in [1.29, 1.82) is 0 Å². The standard InChI is InChI=1S/C14H20BrClN2O/c1-4-10(5-2)9-18(6-3)14(19)12-7-11(15)8-17-13(12)16/h7-8,10H,4-6,9H2,1-3H3. The Bertz CT molecular complexity index is 435. The van der Waals surface area contributed by atoms with Gasteiger partial charge < -0.3 is 4.90 Å². The Labute approximate surface area is 128 Å². The minimum Gasteiger partial charge on any atom is -0.339 e. The third-order valence-electron chi connectivity index (χ3n) is 3.34. The molecule has 5 heteroatoms. The summed E-state index contributed by atoms with van der Waals surface area (Å²) in [5.74, 6) is 0.482. The Balaban J connectivity index is 2.92. The van der Waals surface area contributed by atoms with Gasteiger partial charge in [-0.3, -0.25) is 4.79 Å². The van der Waals surface area contributed by atoms with Gasteiger partial charge >= 0.3 is 0 Å². The number of aromatic nitrogens is 1. The lowest BCUT2D eigenvalue weighted by atomic mass is 10.0. The number of rotatable bonds is 6. The van der Waals surface area contributed by atoms with Gasteiger partial charge in [0.25, 0.3) is 5.91 Å². The predicted octanol–water partition coefficient (Wildman–Crippen LogP) is 4.40. The summed E-state index contributed by atoms with van der Waals surface area (Å²) >= 11 is 9.34. The van der Waals surface area contributed by atoms with Gasteiger partial charge in [0.2, 0.25) is 0 Å². The molecule has 0 unspecified atom stereocenters. The van der Waals surface area contributed by atoms with Crippen molar-refractivity contribution in [2.24, 2.45) is 5.92 Å². The smallest absolute Gasteiger partial charge is 0.257 e. The second-order valence-electron chi connectivity index (χ2n) is 4.52. The summed E-state index contributed by atoms with van der Waals surface area (Å²) in [5.41, 5.74) is 0.462. The maximum absolute atomic E-state index is 12.5. The molecule has 0 saturated carbocycles. The number of hydrogen-bond acceptors (Lipinski definition) is 2. The minimum absolute atomic E-state index is 0.0480. The highest BCUT2D eigenvalue weighted by Gasteiger charge is 2.20. The van der Waals surface area contributed by atoms with Gasteiger partial charge in [0, 0.05) is 23.8 Å². The molecule has 1 aromatic rings. The summed E-state index contributed by atoms with van der Waals surface area (Å²) in [6, 6.07) is 1.73. The molecule has 0 fully saturated rings. The molecule has 106 valence electrons. The van der Waals surface area contributed by atoms with Crippen LogP contribution in [0.25, 0.3) is 0 Å². The monoisotopic (exact) mass is 346 g/mol. The number of nitrogens with zero attached hydrogens (tertiary/aromatic N) is 2. The fourth-order valence-corrected chi connectivity index (χ4v) is 2.47. The van der Waals surface area contributed by atoms with Crippen LogP contribution >= 0.6 is 27.5 Å². The SMILES string of the molecule is CCC(CC)CN(CC)C(=O)c1cc(Br)cnc1Cl. The van der Waals surface area contributed by atoms with Gasteiger partial charge in [-0.2, -0.15) is 0 Å². The van der Waals surface area contributed by atoms with Crippen LogP contribution in [-0.4, -0.2) is 28.9 Å². The Morgan fingerprint density at radius 2 is 2.05 bits per heavy atom. The first-order chi connectivity index (χ1) is 9.03. The first-order valence-electron chi connectivity index (χ1n) is 6.63. The van der Waals surface area contributed by atoms with Crippen molar-refractivity contribution in [2.75, 3.05) is 13.1 Å². The molecule has 0 radical (unpaired) electrons. The molecule has 0 spiro atoms. The lowest BCUT2D eigenvalue weighted by Crippen LogP contribution is -2.35. The van der Waals surface area contributed by atoms with E-state index < -0.39 is 0 Å². The topological polar surface area (TPSA) is 33.2 Å². The van der Waals surface area contributed by atoms with Crippen LogP contribution in [0.3, 0.4) is 0 Å². The predicted molar refractivity (Wildman–Crippen MR) is 82.6 cm³/mol. The van der Waals surface area contributed by atoms with Crippen molar-refractivity contribution in [1.82, 2.24) is 9.88 Å². The van der Waals surface area contributed by atoms with Gasteiger partial charge in [-0.15, -0.1) is 0 Å². The van der Waals surface area contributed by atoms with Crippen molar-refractivity contribution in [2.45, 2.75) is 33.6 Å². The van der Waals surface area contributed by atoms with Crippen LogP contribution in [0.2, 0.25) is 5.15 Å². The highest BCUT2D eigenvalue weighted by atomic mass is 79.9. The summed E-state index contributed by atoms with van der Waals surface area (Å²) in [4.78, 5) is 18.3. The average molecular weight is 348 g/mol. The summed E-state index contributed by atoms with van der Waals surface area (Å²) in [6.07, 6.45) is 3.74. The lowest BCUT2D eigenvalue weighted by molar-refractivity contribution is 0.0734. The minimum atomic E-state index is -0.0480. The van der Waals surface area contributed by atoms with E-state index in [-0.39, 0.29) is 11.1 Å². The molecular weight excluding hydrogens is 328 g/mol. The van der Waals surface area contributed by atoms with Crippen LogP contribution in [0.15, 0.2) is 16.7 Å². The molecule has 0 saturated heterocycles. The van der Waals surface area contributed by atoms with E-state index in [0.717, 1.165) is 23.9 Å².